The topological polar surface area (TPSA) is 41.5 Å². The van der Waals surface area contributed by atoms with E-state index in [4.69, 9.17) is 4.74 Å². The lowest BCUT2D eigenvalue weighted by atomic mass is 9.96. The van der Waals surface area contributed by atoms with E-state index in [0.29, 0.717) is 25.1 Å². The molecular formula is C14H20FNO2. The molecule has 1 fully saturated rings. The predicted octanol–water partition coefficient (Wildman–Crippen LogP) is 2.02. The summed E-state index contributed by atoms with van der Waals surface area (Å²) < 4.78 is 19.0. The third-order valence-electron chi connectivity index (χ3n) is 3.75. The van der Waals surface area contributed by atoms with Gasteiger partial charge in [-0.05, 0) is 19.9 Å². The first-order valence-electron chi connectivity index (χ1n) is 6.35. The van der Waals surface area contributed by atoms with Crippen LogP contribution in [0.1, 0.15) is 31.9 Å². The van der Waals surface area contributed by atoms with Crippen LogP contribution in [0.15, 0.2) is 24.3 Å². The number of ether oxygens (including phenoxy) is 1. The van der Waals surface area contributed by atoms with Crippen LogP contribution in [0.4, 0.5) is 4.39 Å². The molecule has 1 saturated heterocycles. The molecule has 0 spiro atoms. The number of benzene rings is 1. The zero-order valence-corrected chi connectivity index (χ0v) is 10.8. The monoisotopic (exact) mass is 253 g/mol. The van der Waals surface area contributed by atoms with E-state index < -0.39 is 5.60 Å². The molecular weight excluding hydrogens is 233 g/mol. The fourth-order valence-corrected chi connectivity index (χ4v) is 2.27. The first-order valence-corrected chi connectivity index (χ1v) is 6.35. The smallest absolute Gasteiger partial charge is 0.127 e. The summed E-state index contributed by atoms with van der Waals surface area (Å²) in [4.78, 5) is 0. The lowest BCUT2D eigenvalue weighted by Gasteiger charge is -2.28. The fourth-order valence-electron chi connectivity index (χ4n) is 2.27. The van der Waals surface area contributed by atoms with Crippen molar-refractivity contribution >= 4 is 0 Å². The highest BCUT2D eigenvalue weighted by Gasteiger charge is 2.39. The van der Waals surface area contributed by atoms with Crippen LogP contribution in [-0.2, 0) is 4.74 Å². The minimum atomic E-state index is -0.848. The van der Waals surface area contributed by atoms with E-state index in [1.54, 1.807) is 12.1 Å². The molecule has 18 heavy (non-hydrogen) atoms. The molecule has 1 aromatic rings. The Bertz CT molecular complexity index is 413. The van der Waals surface area contributed by atoms with Crippen molar-refractivity contribution in [3.63, 3.8) is 0 Å². The summed E-state index contributed by atoms with van der Waals surface area (Å²) in [5.41, 5.74) is -0.229. The average Bonchev–Trinajstić information content (AvgIpc) is 2.68. The second kappa shape index (κ2) is 5.34. The Morgan fingerprint density at radius 3 is 2.89 bits per heavy atom. The Balaban J connectivity index is 1.96. The number of nitrogens with one attached hydrogen (secondary N) is 1. The quantitative estimate of drug-likeness (QED) is 0.862. The van der Waals surface area contributed by atoms with Gasteiger partial charge in [0.15, 0.2) is 0 Å². The van der Waals surface area contributed by atoms with Crippen molar-refractivity contribution in [1.29, 1.82) is 0 Å². The summed E-state index contributed by atoms with van der Waals surface area (Å²) in [6, 6.07) is 6.55. The van der Waals surface area contributed by atoms with Gasteiger partial charge in [-0.25, -0.2) is 4.39 Å². The molecule has 0 aliphatic carbocycles. The van der Waals surface area contributed by atoms with Crippen LogP contribution in [0.25, 0.3) is 0 Å². The maximum absolute atomic E-state index is 13.6. The SMILES string of the molecule is CC(NCC1(O)CCOC1C)c1ccccc1F. The van der Waals surface area contributed by atoms with Gasteiger partial charge in [-0.3, -0.25) is 0 Å². The predicted molar refractivity (Wildman–Crippen MR) is 67.8 cm³/mol. The van der Waals surface area contributed by atoms with E-state index in [9.17, 15) is 9.50 Å². The zero-order valence-electron chi connectivity index (χ0n) is 10.8. The van der Waals surface area contributed by atoms with E-state index in [-0.39, 0.29) is 18.0 Å². The molecule has 3 nitrogen and oxygen atoms in total. The molecule has 1 aromatic carbocycles. The molecule has 0 aromatic heterocycles. The lowest BCUT2D eigenvalue weighted by molar-refractivity contribution is -0.0274. The van der Waals surface area contributed by atoms with Crippen molar-refractivity contribution in [2.45, 2.75) is 38.0 Å². The molecule has 3 atom stereocenters. The summed E-state index contributed by atoms with van der Waals surface area (Å²) in [6.45, 7) is 4.74. The van der Waals surface area contributed by atoms with Gasteiger partial charge in [0, 0.05) is 31.2 Å². The van der Waals surface area contributed by atoms with Crippen molar-refractivity contribution in [1.82, 2.24) is 5.32 Å². The second-order valence-electron chi connectivity index (χ2n) is 4.99. The van der Waals surface area contributed by atoms with E-state index in [0.717, 1.165) is 0 Å². The van der Waals surface area contributed by atoms with Crippen molar-refractivity contribution < 1.29 is 14.2 Å². The highest BCUT2D eigenvalue weighted by molar-refractivity contribution is 5.20. The van der Waals surface area contributed by atoms with Crippen molar-refractivity contribution in [2.75, 3.05) is 13.2 Å². The van der Waals surface area contributed by atoms with Crippen LogP contribution in [0.3, 0.4) is 0 Å². The molecule has 4 heteroatoms. The molecule has 0 saturated carbocycles. The van der Waals surface area contributed by atoms with Crippen molar-refractivity contribution in [3.8, 4) is 0 Å². The summed E-state index contributed by atoms with van der Waals surface area (Å²) in [7, 11) is 0. The van der Waals surface area contributed by atoms with E-state index >= 15 is 0 Å². The Kier molecular flexibility index (Phi) is 4.00. The third kappa shape index (κ3) is 2.71. The molecule has 1 aliphatic heterocycles. The van der Waals surface area contributed by atoms with Crippen molar-refractivity contribution in [3.05, 3.63) is 35.6 Å². The van der Waals surface area contributed by atoms with Crippen molar-refractivity contribution in [2.24, 2.45) is 0 Å². The average molecular weight is 253 g/mol. The number of hydrogen-bond acceptors (Lipinski definition) is 3. The van der Waals surface area contributed by atoms with Crippen LogP contribution >= 0.6 is 0 Å². The molecule has 0 bridgehead atoms. The fraction of sp³-hybridized carbons (Fsp3) is 0.571. The van der Waals surface area contributed by atoms with Crippen LogP contribution in [-0.4, -0.2) is 30.0 Å². The molecule has 2 rings (SSSR count). The zero-order chi connectivity index (χ0) is 13.2. The van der Waals surface area contributed by atoms with Crippen LogP contribution in [0.2, 0.25) is 0 Å². The van der Waals surface area contributed by atoms with Gasteiger partial charge in [-0.15, -0.1) is 0 Å². The maximum atomic E-state index is 13.6. The van der Waals surface area contributed by atoms with E-state index in [1.807, 2.05) is 19.9 Å². The summed E-state index contributed by atoms with van der Waals surface area (Å²) in [5.74, 6) is -0.222. The molecule has 3 unspecified atom stereocenters. The van der Waals surface area contributed by atoms with Gasteiger partial charge < -0.3 is 15.2 Å². The Hall–Kier alpha value is -0.970. The standard InChI is InChI=1S/C14H20FNO2/c1-10(12-5-3-4-6-13(12)15)16-9-14(17)7-8-18-11(14)2/h3-6,10-11,16-17H,7-9H2,1-2H3. The van der Waals surface area contributed by atoms with Crippen LogP contribution in [0, 0.1) is 5.82 Å². The molecule has 1 heterocycles. The van der Waals surface area contributed by atoms with Gasteiger partial charge in [0.1, 0.15) is 11.4 Å². The van der Waals surface area contributed by atoms with Gasteiger partial charge in [0.2, 0.25) is 0 Å². The highest BCUT2D eigenvalue weighted by Crippen LogP contribution is 2.26. The number of aliphatic hydroxyl groups is 1. The second-order valence-corrected chi connectivity index (χ2v) is 4.99. The van der Waals surface area contributed by atoms with E-state index in [2.05, 4.69) is 5.32 Å². The Morgan fingerprint density at radius 2 is 2.28 bits per heavy atom. The Morgan fingerprint density at radius 1 is 1.56 bits per heavy atom. The van der Waals surface area contributed by atoms with Gasteiger partial charge >= 0.3 is 0 Å². The molecule has 2 N–H and O–H groups in total. The van der Waals surface area contributed by atoms with Gasteiger partial charge in [0.25, 0.3) is 0 Å². The maximum Gasteiger partial charge on any atom is 0.127 e. The first kappa shape index (κ1) is 13.5. The normalized spacial score (nSPS) is 29.4. The molecule has 0 amide bonds. The first-order chi connectivity index (χ1) is 8.53. The van der Waals surface area contributed by atoms with Crippen LogP contribution < -0.4 is 5.32 Å². The minimum absolute atomic E-state index is 0.136. The van der Waals surface area contributed by atoms with Crippen LogP contribution in [0.5, 0.6) is 0 Å². The third-order valence-corrected chi connectivity index (χ3v) is 3.75. The molecule has 0 radical (unpaired) electrons. The molecule has 100 valence electrons. The lowest BCUT2D eigenvalue weighted by Crippen LogP contribution is -2.46. The largest absolute Gasteiger partial charge is 0.386 e. The van der Waals surface area contributed by atoms with E-state index in [1.165, 1.54) is 6.07 Å². The highest BCUT2D eigenvalue weighted by atomic mass is 19.1. The summed E-state index contributed by atoms with van der Waals surface area (Å²) >= 11 is 0. The van der Waals surface area contributed by atoms with Gasteiger partial charge in [-0.1, -0.05) is 18.2 Å². The number of halogens is 1. The minimum Gasteiger partial charge on any atom is -0.386 e. The molecule has 1 aliphatic rings. The Labute approximate surface area is 107 Å². The number of rotatable bonds is 4. The van der Waals surface area contributed by atoms with Gasteiger partial charge in [-0.2, -0.15) is 0 Å². The summed E-state index contributed by atoms with van der Waals surface area (Å²) in [5, 5.41) is 13.5. The summed E-state index contributed by atoms with van der Waals surface area (Å²) in [6.07, 6.45) is 0.434. The number of hydrogen-bond donors (Lipinski definition) is 2. The van der Waals surface area contributed by atoms with Gasteiger partial charge in [0.05, 0.1) is 6.10 Å².